The molecule has 0 aromatic heterocycles. The number of hydrogen-bond donors (Lipinski definition) is 0. The molecule has 0 atom stereocenters. The summed E-state index contributed by atoms with van der Waals surface area (Å²) in [4.78, 5) is 2.58. The summed E-state index contributed by atoms with van der Waals surface area (Å²) in [6.07, 6.45) is 15.9. The maximum Gasteiger partial charge on any atom is 0.00384 e. The Morgan fingerprint density at radius 2 is 1.05 bits per heavy atom. The van der Waals surface area contributed by atoms with Crippen LogP contribution in [0.4, 0.5) is 0 Å². The van der Waals surface area contributed by atoms with E-state index in [1.165, 1.54) is 83.7 Å². The highest BCUT2D eigenvalue weighted by Gasteiger charge is 2.05. The molecule has 0 aliphatic rings. The largest absolute Gasteiger partial charge is 0.301 e. The lowest BCUT2D eigenvalue weighted by Gasteiger charge is -2.24. The lowest BCUT2D eigenvalue weighted by Crippen LogP contribution is -2.31. The van der Waals surface area contributed by atoms with Gasteiger partial charge in [0.2, 0.25) is 0 Å². The first-order valence-corrected chi connectivity index (χ1v) is 8.96. The van der Waals surface area contributed by atoms with E-state index >= 15 is 0 Å². The number of rotatable bonds is 14. The van der Waals surface area contributed by atoms with Crippen molar-refractivity contribution < 1.29 is 0 Å². The lowest BCUT2D eigenvalue weighted by molar-refractivity contribution is 0.228. The number of hydrogen-bond acceptors (Lipinski definition) is 1. The van der Waals surface area contributed by atoms with Gasteiger partial charge in [-0.2, -0.15) is 0 Å². The van der Waals surface area contributed by atoms with Crippen LogP contribution < -0.4 is 0 Å². The Morgan fingerprint density at radius 1 is 0.632 bits per heavy atom. The first-order chi connectivity index (χ1) is 9.22. The molecule has 0 fully saturated rings. The molecule has 19 heavy (non-hydrogen) atoms. The summed E-state index contributed by atoms with van der Waals surface area (Å²) in [5, 5.41) is 0. The van der Waals surface area contributed by atoms with Gasteiger partial charge in [0.1, 0.15) is 0 Å². The van der Waals surface area contributed by atoms with E-state index in [1.807, 2.05) is 0 Å². The molecule has 0 radical (unpaired) electrons. The fraction of sp³-hybridized carbons (Fsp3) is 1.00. The summed E-state index contributed by atoms with van der Waals surface area (Å²) in [5.74, 6) is 0. The van der Waals surface area contributed by atoms with Gasteiger partial charge in [0, 0.05) is 6.04 Å². The standard InChI is InChI=1S/C18H39N/c1-5-7-8-9-10-11-12-13-14-15-16-17-19(6-2)18(3)4/h18H,5-17H2,1-4H3. The van der Waals surface area contributed by atoms with Crippen LogP contribution in [0.3, 0.4) is 0 Å². The van der Waals surface area contributed by atoms with E-state index < -0.39 is 0 Å². The predicted molar refractivity (Wildman–Crippen MR) is 88.8 cm³/mol. The highest BCUT2D eigenvalue weighted by molar-refractivity contribution is 4.60. The molecule has 0 aliphatic heterocycles. The maximum absolute atomic E-state index is 2.58. The van der Waals surface area contributed by atoms with Gasteiger partial charge < -0.3 is 4.90 Å². The van der Waals surface area contributed by atoms with E-state index in [2.05, 4.69) is 32.6 Å². The summed E-state index contributed by atoms with van der Waals surface area (Å²) in [5.41, 5.74) is 0. The van der Waals surface area contributed by atoms with Gasteiger partial charge in [0.05, 0.1) is 0 Å². The molecule has 0 heterocycles. The van der Waals surface area contributed by atoms with E-state index in [0.29, 0.717) is 6.04 Å². The molecular weight excluding hydrogens is 230 g/mol. The monoisotopic (exact) mass is 269 g/mol. The van der Waals surface area contributed by atoms with E-state index in [1.54, 1.807) is 0 Å². The van der Waals surface area contributed by atoms with Crippen molar-refractivity contribution >= 4 is 0 Å². The molecule has 0 N–H and O–H groups in total. The smallest absolute Gasteiger partial charge is 0.00384 e. The zero-order valence-electron chi connectivity index (χ0n) is 14.2. The van der Waals surface area contributed by atoms with Crippen LogP contribution in [0.2, 0.25) is 0 Å². The Kier molecular flexibility index (Phi) is 14.3. The van der Waals surface area contributed by atoms with Crippen LogP contribution >= 0.6 is 0 Å². The summed E-state index contributed by atoms with van der Waals surface area (Å²) in [6, 6.07) is 0.716. The second kappa shape index (κ2) is 14.4. The van der Waals surface area contributed by atoms with Gasteiger partial charge in [-0.25, -0.2) is 0 Å². The highest BCUT2D eigenvalue weighted by atomic mass is 15.1. The van der Waals surface area contributed by atoms with Crippen LogP contribution in [0.15, 0.2) is 0 Å². The van der Waals surface area contributed by atoms with Gasteiger partial charge >= 0.3 is 0 Å². The molecule has 0 aromatic rings. The van der Waals surface area contributed by atoms with E-state index in [4.69, 9.17) is 0 Å². The topological polar surface area (TPSA) is 3.24 Å². The Balaban J connectivity index is 3.14. The minimum absolute atomic E-state index is 0.716. The molecule has 0 rings (SSSR count). The third kappa shape index (κ3) is 12.7. The zero-order chi connectivity index (χ0) is 14.3. The summed E-state index contributed by atoms with van der Waals surface area (Å²) in [6.45, 7) is 11.7. The minimum Gasteiger partial charge on any atom is -0.301 e. The average molecular weight is 270 g/mol. The molecule has 0 bridgehead atoms. The fourth-order valence-electron chi connectivity index (χ4n) is 2.76. The van der Waals surface area contributed by atoms with Gasteiger partial charge in [-0.1, -0.05) is 78.1 Å². The lowest BCUT2D eigenvalue weighted by atomic mass is 10.1. The molecule has 1 heteroatoms. The van der Waals surface area contributed by atoms with Crippen LogP contribution in [-0.4, -0.2) is 24.0 Å². The Morgan fingerprint density at radius 3 is 1.42 bits per heavy atom. The van der Waals surface area contributed by atoms with Gasteiger partial charge in [0.25, 0.3) is 0 Å². The number of unbranched alkanes of at least 4 members (excludes halogenated alkanes) is 10. The SMILES string of the molecule is CCCCCCCCCCCCCN(CC)C(C)C. The summed E-state index contributed by atoms with van der Waals surface area (Å²) >= 11 is 0. The summed E-state index contributed by atoms with van der Waals surface area (Å²) in [7, 11) is 0. The van der Waals surface area contributed by atoms with Crippen molar-refractivity contribution in [3.63, 3.8) is 0 Å². The predicted octanol–water partition coefficient (Wildman–Crippen LogP) is 6.03. The molecule has 0 aromatic carbocycles. The molecule has 0 saturated heterocycles. The molecule has 0 amide bonds. The van der Waals surface area contributed by atoms with Crippen LogP contribution in [0.5, 0.6) is 0 Å². The maximum atomic E-state index is 2.58. The molecule has 0 unspecified atom stereocenters. The van der Waals surface area contributed by atoms with Gasteiger partial charge in [0.15, 0.2) is 0 Å². The van der Waals surface area contributed by atoms with E-state index in [0.717, 1.165) is 0 Å². The van der Waals surface area contributed by atoms with Gasteiger partial charge in [-0.15, -0.1) is 0 Å². The first kappa shape index (κ1) is 19.0. The normalized spacial score (nSPS) is 11.7. The quantitative estimate of drug-likeness (QED) is 0.348. The van der Waals surface area contributed by atoms with Gasteiger partial charge in [-0.3, -0.25) is 0 Å². The first-order valence-electron chi connectivity index (χ1n) is 8.96. The van der Waals surface area contributed by atoms with E-state index in [9.17, 15) is 0 Å². The zero-order valence-corrected chi connectivity index (χ0v) is 14.2. The summed E-state index contributed by atoms with van der Waals surface area (Å²) < 4.78 is 0. The van der Waals surface area contributed by atoms with Crippen molar-refractivity contribution in [2.75, 3.05) is 13.1 Å². The third-order valence-corrected chi connectivity index (χ3v) is 4.19. The third-order valence-electron chi connectivity index (χ3n) is 4.19. The Bertz CT molecular complexity index is 165. The van der Waals surface area contributed by atoms with Crippen molar-refractivity contribution in [1.82, 2.24) is 4.90 Å². The van der Waals surface area contributed by atoms with Crippen molar-refractivity contribution in [2.45, 2.75) is 104 Å². The van der Waals surface area contributed by atoms with Crippen molar-refractivity contribution in [3.05, 3.63) is 0 Å². The highest BCUT2D eigenvalue weighted by Crippen LogP contribution is 2.11. The number of nitrogens with zero attached hydrogens (tertiary/aromatic N) is 1. The minimum atomic E-state index is 0.716. The fourth-order valence-corrected chi connectivity index (χ4v) is 2.76. The molecule has 0 aliphatic carbocycles. The second-order valence-corrected chi connectivity index (χ2v) is 6.26. The second-order valence-electron chi connectivity index (χ2n) is 6.26. The van der Waals surface area contributed by atoms with Crippen molar-refractivity contribution in [1.29, 1.82) is 0 Å². The molecule has 116 valence electrons. The molecule has 0 saturated carbocycles. The van der Waals surface area contributed by atoms with E-state index in [-0.39, 0.29) is 0 Å². The average Bonchev–Trinajstić information content (AvgIpc) is 2.40. The van der Waals surface area contributed by atoms with Crippen LogP contribution in [0, 0.1) is 0 Å². The Labute approximate surface area is 123 Å². The van der Waals surface area contributed by atoms with Gasteiger partial charge in [-0.05, 0) is 33.4 Å². The van der Waals surface area contributed by atoms with Crippen LogP contribution in [0.1, 0.15) is 98.3 Å². The van der Waals surface area contributed by atoms with Crippen LogP contribution in [0.25, 0.3) is 0 Å². The van der Waals surface area contributed by atoms with Crippen LogP contribution in [-0.2, 0) is 0 Å². The van der Waals surface area contributed by atoms with Crippen molar-refractivity contribution in [3.8, 4) is 0 Å². The molecule has 0 spiro atoms. The van der Waals surface area contributed by atoms with Crippen molar-refractivity contribution in [2.24, 2.45) is 0 Å². The molecular formula is C18H39N. The Hall–Kier alpha value is -0.0400. The molecule has 1 nitrogen and oxygen atoms in total.